The van der Waals surface area contributed by atoms with E-state index in [1.165, 1.54) is 0 Å². The summed E-state index contributed by atoms with van der Waals surface area (Å²) in [6.07, 6.45) is 5.89. The van der Waals surface area contributed by atoms with Gasteiger partial charge < -0.3 is 0 Å². The minimum absolute atomic E-state index is 0.261. The van der Waals surface area contributed by atoms with Gasteiger partial charge in [-0.3, -0.25) is 0 Å². The van der Waals surface area contributed by atoms with Gasteiger partial charge >= 0.3 is 0 Å². The highest BCUT2D eigenvalue weighted by molar-refractivity contribution is 6.51. The number of allylic oxidation sites excluding steroid dienone is 4. The predicted molar refractivity (Wildman–Crippen MR) is 61.3 cm³/mol. The maximum absolute atomic E-state index is 6.53. The van der Waals surface area contributed by atoms with Crippen molar-refractivity contribution in [3.8, 4) is 0 Å². The molecule has 0 amide bonds. The fourth-order valence-electron chi connectivity index (χ4n) is 3.05. The van der Waals surface area contributed by atoms with Gasteiger partial charge in [0.15, 0.2) is 0 Å². The van der Waals surface area contributed by atoms with E-state index < -0.39 is 9.75 Å². The van der Waals surface area contributed by atoms with Crippen molar-refractivity contribution >= 4 is 46.4 Å². The van der Waals surface area contributed by atoms with Crippen LogP contribution in [0, 0.1) is 11.8 Å². The molecule has 0 heterocycles. The second kappa shape index (κ2) is 2.66. The Balaban J connectivity index is 2.21. The predicted octanol–water partition coefficient (Wildman–Crippen LogP) is 4.24. The molecule has 2 bridgehead atoms. The first-order valence-electron chi connectivity index (χ1n) is 4.61. The van der Waals surface area contributed by atoms with Crippen molar-refractivity contribution in [3.63, 3.8) is 0 Å². The third kappa shape index (κ3) is 0.859. The van der Waals surface area contributed by atoms with E-state index in [2.05, 4.69) is 12.2 Å². The zero-order valence-electron chi connectivity index (χ0n) is 7.24. The van der Waals surface area contributed by atoms with Crippen LogP contribution in [-0.4, -0.2) is 9.75 Å². The molecule has 0 aromatic heterocycles. The van der Waals surface area contributed by atoms with Crippen molar-refractivity contribution in [2.45, 2.75) is 22.6 Å². The first kappa shape index (κ1) is 9.84. The molecule has 1 fully saturated rings. The largest absolute Gasteiger partial charge is 0.113 e. The molecule has 0 N–H and O–H groups in total. The van der Waals surface area contributed by atoms with E-state index in [0.29, 0.717) is 22.4 Å². The summed E-state index contributed by atoms with van der Waals surface area (Å²) in [7, 11) is 0. The highest BCUT2D eigenvalue weighted by atomic mass is 35.5. The first-order valence-corrected chi connectivity index (χ1v) is 6.12. The summed E-state index contributed by atoms with van der Waals surface area (Å²) in [4.78, 5) is -1.04. The van der Waals surface area contributed by atoms with Crippen molar-refractivity contribution < 1.29 is 0 Å². The minimum Gasteiger partial charge on any atom is -0.113 e. The molecule has 1 saturated carbocycles. The molecule has 3 aliphatic rings. The lowest BCUT2D eigenvalue weighted by molar-refractivity contribution is 0.416. The summed E-state index contributed by atoms with van der Waals surface area (Å²) >= 11 is 25.4. The molecule has 4 atom stereocenters. The molecule has 3 aliphatic carbocycles. The fraction of sp³-hybridized carbons (Fsp3) is 0.600. The Hall–Kier alpha value is 0.640. The maximum atomic E-state index is 6.53. The van der Waals surface area contributed by atoms with Gasteiger partial charge in [0.05, 0.1) is 19.8 Å². The van der Waals surface area contributed by atoms with E-state index in [4.69, 9.17) is 46.4 Å². The topological polar surface area (TPSA) is 0 Å². The Morgan fingerprint density at radius 1 is 1.14 bits per heavy atom. The van der Waals surface area contributed by atoms with Gasteiger partial charge in [0.1, 0.15) is 0 Å². The molecule has 4 heteroatoms. The van der Waals surface area contributed by atoms with Crippen LogP contribution in [0.4, 0.5) is 0 Å². The molecule has 0 spiro atoms. The van der Waals surface area contributed by atoms with E-state index in [9.17, 15) is 0 Å². The number of hydrogen-bond donors (Lipinski definition) is 0. The zero-order valence-corrected chi connectivity index (χ0v) is 10.3. The summed E-state index contributed by atoms with van der Waals surface area (Å²) in [5, 5.41) is 1.13. The third-order valence-corrected chi connectivity index (χ3v) is 6.24. The van der Waals surface area contributed by atoms with E-state index >= 15 is 0 Å². The third-order valence-electron chi connectivity index (χ3n) is 3.72. The molecule has 0 aliphatic heterocycles. The molecule has 0 nitrogen and oxygen atoms in total. The van der Waals surface area contributed by atoms with Gasteiger partial charge in [-0.2, -0.15) is 0 Å². The SMILES string of the molecule is ClC1=C(Cl)C2(Cl)CC1(Cl)C1C=CCC12. The lowest BCUT2D eigenvalue weighted by Crippen LogP contribution is -2.32. The van der Waals surface area contributed by atoms with Gasteiger partial charge in [-0.05, 0) is 18.8 Å². The molecule has 0 aromatic rings. The molecule has 14 heavy (non-hydrogen) atoms. The summed E-state index contributed by atoms with van der Waals surface area (Å²) in [6.45, 7) is 0. The average molecular weight is 270 g/mol. The number of halogens is 4. The molecule has 4 unspecified atom stereocenters. The molecule has 0 saturated heterocycles. The summed E-state index contributed by atoms with van der Waals surface area (Å²) in [5.74, 6) is 0.591. The highest BCUT2D eigenvalue weighted by Gasteiger charge is 2.68. The fourth-order valence-corrected chi connectivity index (χ4v) is 5.01. The van der Waals surface area contributed by atoms with Crippen LogP contribution in [0.1, 0.15) is 12.8 Å². The van der Waals surface area contributed by atoms with Crippen LogP contribution in [0.15, 0.2) is 22.2 Å². The van der Waals surface area contributed by atoms with Crippen LogP contribution in [0.25, 0.3) is 0 Å². The Labute approximate surface area is 103 Å². The van der Waals surface area contributed by atoms with E-state index in [1.54, 1.807) is 0 Å². The number of alkyl halides is 2. The van der Waals surface area contributed by atoms with Gasteiger partial charge in [0, 0.05) is 5.92 Å². The average Bonchev–Trinajstić information content (AvgIpc) is 2.72. The van der Waals surface area contributed by atoms with Crippen LogP contribution < -0.4 is 0 Å². The van der Waals surface area contributed by atoms with Gasteiger partial charge in [-0.25, -0.2) is 0 Å². The molecular formula is C10H8Cl4. The van der Waals surface area contributed by atoms with Gasteiger partial charge in [0.2, 0.25) is 0 Å². The highest BCUT2D eigenvalue weighted by Crippen LogP contribution is 2.70. The first-order chi connectivity index (χ1) is 6.50. The molecule has 76 valence electrons. The van der Waals surface area contributed by atoms with Crippen molar-refractivity contribution in [2.75, 3.05) is 0 Å². The number of fused-ring (bicyclic) bond motifs is 5. The van der Waals surface area contributed by atoms with Crippen molar-refractivity contribution in [3.05, 3.63) is 22.2 Å². The second-order valence-corrected chi connectivity index (χ2v) is 6.43. The lowest BCUT2D eigenvalue weighted by atomic mass is 9.84. The molecule has 0 radical (unpaired) electrons. The Morgan fingerprint density at radius 3 is 2.50 bits per heavy atom. The smallest absolute Gasteiger partial charge is 0.0899 e. The van der Waals surface area contributed by atoms with Gasteiger partial charge in [0.25, 0.3) is 0 Å². The quantitative estimate of drug-likeness (QED) is 0.456. The van der Waals surface area contributed by atoms with Crippen LogP contribution in [0.5, 0.6) is 0 Å². The molecular weight excluding hydrogens is 262 g/mol. The van der Waals surface area contributed by atoms with Gasteiger partial charge in [-0.15, -0.1) is 23.2 Å². The van der Waals surface area contributed by atoms with E-state index in [1.807, 2.05) is 0 Å². The Morgan fingerprint density at radius 2 is 1.79 bits per heavy atom. The van der Waals surface area contributed by atoms with Crippen LogP contribution >= 0.6 is 46.4 Å². The lowest BCUT2D eigenvalue weighted by Gasteiger charge is -2.32. The van der Waals surface area contributed by atoms with Crippen LogP contribution in [-0.2, 0) is 0 Å². The van der Waals surface area contributed by atoms with E-state index in [-0.39, 0.29) is 5.92 Å². The van der Waals surface area contributed by atoms with Crippen molar-refractivity contribution in [2.24, 2.45) is 11.8 Å². The van der Waals surface area contributed by atoms with Crippen LogP contribution in [0.2, 0.25) is 0 Å². The van der Waals surface area contributed by atoms with Gasteiger partial charge in [-0.1, -0.05) is 35.4 Å². The minimum atomic E-state index is -0.530. The van der Waals surface area contributed by atoms with Crippen molar-refractivity contribution in [1.82, 2.24) is 0 Å². The summed E-state index contributed by atoms with van der Waals surface area (Å²) in [5.41, 5.74) is 0. The van der Waals surface area contributed by atoms with Crippen molar-refractivity contribution in [1.29, 1.82) is 0 Å². The number of rotatable bonds is 0. The standard InChI is InChI=1S/C10H8Cl4/c11-7-8(12)10(14)4-9(7,13)5-2-1-3-6(5)10/h1-2,5-6H,3-4H2. The normalized spacial score (nSPS) is 54.6. The molecule has 3 rings (SSSR count). The number of hydrogen-bond acceptors (Lipinski definition) is 0. The van der Waals surface area contributed by atoms with E-state index in [0.717, 1.165) is 6.42 Å². The monoisotopic (exact) mass is 268 g/mol. The Kier molecular flexibility index (Phi) is 1.87. The summed E-state index contributed by atoms with van der Waals surface area (Å²) < 4.78 is 0. The molecule has 0 aromatic carbocycles. The van der Waals surface area contributed by atoms with Crippen LogP contribution in [0.3, 0.4) is 0 Å². The Bertz CT molecular complexity index is 372. The second-order valence-electron chi connectivity index (χ2n) is 4.33. The maximum Gasteiger partial charge on any atom is 0.0899 e. The summed E-state index contributed by atoms with van der Waals surface area (Å²) in [6, 6.07) is 0. The zero-order chi connectivity index (χ0) is 10.1.